The summed E-state index contributed by atoms with van der Waals surface area (Å²) in [5, 5.41) is 5.42. The lowest BCUT2D eigenvalue weighted by Crippen LogP contribution is -1.83. The van der Waals surface area contributed by atoms with Crippen LogP contribution in [0.5, 0.6) is 0 Å². The molecular formula is C18H20. The minimum Gasteiger partial charge on any atom is -0.0683 e. The SMILES string of the molecule is CC.Cc1ccc2c(c1)c(C)cc1ccccc12. The van der Waals surface area contributed by atoms with E-state index in [1.807, 2.05) is 13.8 Å². The molecule has 0 unspecified atom stereocenters. The molecule has 0 spiro atoms. The summed E-state index contributed by atoms with van der Waals surface area (Å²) in [6, 6.07) is 17.6. The van der Waals surface area contributed by atoms with Crippen LogP contribution in [0.2, 0.25) is 0 Å². The van der Waals surface area contributed by atoms with Gasteiger partial charge in [0, 0.05) is 0 Å². The Morgan fingerprint density at radius 1 is 0.667 bits per heavy atom. The van der Waals surface area contributed by atoms with Crippen LogP contribution in [0.25, 0.3) is 21.5 Å². The van der Waals surface area contributed by atoms with Crippen LogP contribution in [-0.2, 0) is 0 Å². The standard InChI is InChI=1S/C16H14.C2H6/c1-11-7-8-15-14-6-4-3-5-13(14)10-12(2)16(15)9-11;1-2/h3-10H,1-2H3;1-2H3. The minimum absolute atomic E-state index is 1.32. The fourth-order valence-electron chi connectivity index (χ4n) is 2.40. The molecule has 0 atom stereocenters. The average molecular weight is 236 g/mol. The van der Waals surface area contributed by atoms with Crippen LogP contribution in [0, 0.1) is 13.8 Å². The van der Waals surface area contributed by atoms with E-state index in [0.717, 1.165) is 0 Å². The second-order valence-corrected chi connectivity index (χ2v) is 4.46. The lowest BCUT2D eigenvalue weighted by Gasteiger charge is -2.08. The maximum atomic E-state index is 2.27. The van der Waals surface area contributed by atoms with Crippen molar-refractivity contribution >= 4 is 21.5 Å². The van der Waals surface area contributed by atoms with Crippen LogP contribution >= 0.6 is 0 Å². The van der Waals surface area contributed by atoms with Crippen LogP contribution in [0.1, 0.15) is 25.0 Å². The molecule has 0 aromatic heterocycles. The smallest absolute Gasteiger partial charge is 0.0103 e. The Morgan fingerprint density at radius 3 is 2.17 bits per heavy atom. The Labute approximate surface area is 109 Å². The lowest BCUT2D eigenvalue weighted by molar-refractivity contribution is 1.48. The molecular weight excluding hydrogens is 216 g/mol. The highest BCUT2D eigenvalue weighted by atomic mass is 14.1. The molecule has 0 aliphatic heterocycles. The average Bonchev–Trinajstić information content (AvgIpc) is 2.41. The summed E-state index contributed by atoms with van der Waals surface area (Å²) in [5.74, 6) is 0. The Balaban J connectivity index is 0.000000574. The maximum Gasteiger partial charge on any atom is -0.0103 e. The first-order valence-corrected chi connectivity index (χ1v) is 6.64. The van der Waals surface area contributed by atoms with Crippen molar-refractivity contribution in [1.29, 1.82) is 0 Å². The van der Waals surface area contributed by atoms with Crippen molar-refractivity contribution in [2.24, 2.45) is 0 Å². The number of benzene rings is 3. The van der Waals surface area contributed by atoms with E-state index in [-0.39, 0.29) is 0 Å². The van der Waals surface area contributed by atoms with Gasteiger partial charge in [-0.1, -0.05) is 67.9 Å². The largest absolute Gasteiger partial charge is 0.0683 e. The number of fused-ring (bicyclic) bond motifs is 3. The van der Waals surface area contributed by atoms with Gasteiger partial charge in [0.15, 0.2) is 0 Å². The summed E-state index contributed by atoms with van der Waals surface area (Å²) in [5.41, 5.74) is 2.68. The molecule has 92 valence electrons. The van der Waals surface area contributed by atoms with Gasteiger partial charge in [-0.05, 0) is 41.0 Å². The molecule has 0 aliphatic rings. The molecule has 0 fully saturated rings. The molecule has 0 nitrogen and oxygen atoms in total. The van der Waals surface area contributed by atoms with Gasteiger partial charge >= 0.3 is 0 Å². The quantitative estimate of drug-likeness (QED) is 0.443. The molecule has 0 amide bonds. The van der Waals surface area contributed by atoms with Gasteiger partial charge in [-0.15, -0.1) is 0 Å². The van der Waals surface area contributed by atoms with Gasteiger partial charge in [-0.3, -0.25) is 0 Å². The van der Waals surface area contributed by atoms with Gasteiger partial charge in [0.25, 0.3) is 0 Å². The van der Waals surface area contributed by atoms with E-state index in [0.29, 0.717) is 0 Å². The third kappa shape index (κ3) is 2.11. The Hall–Kier alpha value is -1.82. The Morgan fingerprint density at radius 2 is 1.39 bits per heavy atom. The summed E-state index contributed by atoms with van der Waals surface area (Å²) < 4.78 is 0. The van der Waals surface area contributed by atoms with Gasteiger partial charge in [0.2, 0.25) is 0 Å². The predicted octanol–water partition coefficient (Wildman–Crippen LogP) is 5.64. The fraction of sp³-hybridized carbons (Fsp3) is 0.222. The highest BCUT2D eigenvalue weighted by Gasteiger charge is 2.03. The minimum atomic E-state index is 1.32. The zero-order valence-corrected chi connectivity index (χ0v) is 11.6. The molecule has 0 aliphatic carbocycles. The molecule has 0 N–H and O–H groups in total. The summed E-state index contributed by atoms with van der Waals surface area (Å²) in [6.07, 6.45) is 0. The van der Waals surface area contributed by atoms with E-state index < -0.39 is 0 Å². The fourth-order valence-corrected chi connectivity index (χ4v) is 2.40. The van der Waals surface area contributed by atoms with Crippen molar-refractivity contribution < 1.29 is 0 Å². The van der Waals surface area contributed by atoms with Crippen LogP contribution < -0.4 is 0 Å². The summed E-state index contributed by atoms with van der Waals surface area (Å²) >= 11 is 0. The van der Waals surface area contributed by atoms with Crippen molar-refractivity contribution in [2.45, 2.75) is 27.7 Å². The monoisotopic (exact) mass is 236 g/mol. The zero-order valence-electron chi connectivity index (χ0n) is 11.6. The molecule has 0 heterocycles. The molecule has 18 heavy (non-hydrogen) atoms. The summed E-state index contributed by atoms with van der Waals surface area (Å²) in [6.45, 7) is 8.34. The van der Waals surface area contributed by atoms with E-state index in [1.54, 1.807) is 0 Å². The van der Waals surface area contributed by atoms with Crippen molar-refractivity contribution in [2.75, 3.05) is 0 Å². The van der Waals surface area contributed by atoms with E-state index >= 15 is 0 Å². The van der Waals surface area contributed by atoms with E-state index in [4.69, 9.17) is 0 Å². The number of hydrogen-bond donors (Lipinski definition) is 0. The van der Waals surface area contributed by atoms with Gasteiger partial charge in [-0.2, -0.15) is 0 Å². The topological polar surface area (TPSA) is 0 Å². The van der Waals surface area contributed by atoms with Crippen LogP contribution in [-0.4, -0.2) is 0 Å². The molecule has 0 saturated carbocycles. The van der Waals surface area contributed by atoms with Gasteiger partial charge in [0.1, 0.15) is 0 Å². The third-order valence-electron chi connectivity index (χ3n) is 3.22. The number of hydrogen-bond acceptors (Lipinski definition) is 0. The van der Waals surface area contributed by atoms with Crippen LogP contribution in [0.4, 0.5) is 0 Å². The summed E-state index contributed by atoms with van der Waals surface area (Å²) in [7, 11) is 0. The van der Waals surface area contributed by atoms with Crippen molar-refractivity contribution in [3.05, 3.63) is 59.7 Å². The number of aryl methyl sites for hydroxylation is 2. The molecule has 0 saturated heterocycles. The van der Waals surface area contributed by atoms with E-state index in [2.05, 4.69) is 62.4 Å². The Kier molecular flexibility index (Phi) is 3.66. The maximum absolute atomic E-state index is 2.27. The molecule has 0 heteroatoms. The van der Waals surface area contributed by atoms with Gasteiger partial charge < -0.3 is 0 Å². The van der Waals surface area contributed by atoms with Crippen LogP contribution in [0.3, 0.4) is 0 Å². The van der Waals surface area contributed by atoms with Gasteiger partial charge in [-0.25, -0.2) is 0 Å². The molecule has 3 rings (SSSR count). The lowest BCUT2D eigenvalue weighted by atomic mass is 9.97. The highest BCUT2D eigenvalue weighted by Crippen LogP contribution is 2.28. The van der Waals surface area contributed by atoms with Crippen LogP contribution in [0.15, 0.2) is 48.5 Å². The first-order valence-electron chi connectivity index (χ1n) is 6.64. The highest BCUT2D eigenvalue weighted by molar-refractivity contribution is 6.09. The first kappa shape index (κ1) is 12.6. The number of rotatable bonds is 0. The van der Waals surface area contributed by atoms with E-state index in [1.165, 1.54) is 32.7 Å². The third-order valence-corrected chi connectivity index (χ3v) is 3.22. The molecule has 3 aromatic carbocycles. The second-order valence-electron chi connectivity index (χ2n) is 4.46. The molecule has 0 radical (unpaired) electrons. The zero-order chi connectivity index (χ0) is 13.1. The predicted molar refractivity (Wildman–Crippen MR) is 82.3 cm³/mol. The first-order chi connectivity index (χ1) is 8.75. The normalized spacial score (nSPS) is 10.2. The van der Waals surface area contributed by atoms with Crippen molar-refractivity contribution in [1.82, 2.24) is 0 Å². The van der Waals surface area contributed by atoms with Gasteiger partial charge in [0.05, 0.1) is 0 Å². The summed E-state index contributed by atoms with van der Waals surface area (Å²) in [4.78, 5) is 0. The second kappa shape index (κ2) is 5.22. The molecule has 0 bridgehead atoms. The molecule has 3 aromatic rings. The Bertz CT molecular complexity index is 678. The van der Waals surface area contributed by atoms with E-state index in [9.17, 15) is 0 Å². The van der Waals surface area contributed by atoms with Crippen molar-refractivity contribution in [3.63, 3.8) is 0 Å². The van der Waals surface area contributed by atoms with Crippen molar-refractivity contribution in [3.8, 4) is 0 Å².